The molecule has 3 rings (SSSR count). The van der Waals surface area contributed by atoms with Crippen molar-refractivity contribution in [2.45, 2.75) is 33.6 Å². The topological polar surface area (TPSA) is 44.2 Å². The summed E-state index contributed by atoms with van der Waals surface area (Å²) in [6.07, 6.45) is 0. The summed E-state index contributed by atoms with van der Waals surface area (Å²) in [5, 5.41) is 3.96. The summed E-state index contributed by atoms with van der Waals surface area (Å²) in [6.45, 7) is 8.27. The van der Waals surface area contributed by atoms with Crippen LogP contribution in [0.15, 0.2) is 29.6 Å². The zero-order valence-corrected chi connectivity index (χ0v) is 15.9. The number of hydrogen-bond donors (Lipinski definition) is 0. The van der Waals surface area contributed by atoms with Gasteiger partial charge in [-0.3, -0.25) is 0 Å². The van der Waals surface area contributed by atoms with E-state index in [4.69, 9.17) is 14.5 Å². The summed E-state index contributed by atoms with van der Waals surface area (Å²) >= 11 is 1.61. The molecular formula is C19H24N2O2S. The molecule has 0 N–H and O–H groups in total. The van der Waals surface area contributed by atoms with Gasteiger partial charge in [0, 0.05) is 22.9 Å². The maximum absolute atomic E-state index is 5.51. The normalized spacial score (nSPS) is 10.5. The SMILES string of the molecule is CC.COc1ccc2c(OC)cc(-c3nc(C(C)C)cs3)nc2c1. The van der Waals surface area contributed by atoms with Crippen LogP contribution >= 0.6 is 11.3 Å². The molecule has 24 heavy (non-hydrogen) atoms. The zero-order valence-electron chi connectivity index (χ0n) is 15.1. The number of aromatic nitrogens is 2. The molecule has 0 spiro atoms. The highest BCUT2D eigenvalue weighted by atomic mass is 32.1. The van der Waals surface area contributed by atoms with Gasteiger partial charge in [0.25, 0.3) is 0 Å². The van der Waals surface area contributed by atoms with Crippen LogP contribution in [0.25, 0.3) is 21.6 Å². The lowest BCUT2D eigenvalue weighted by molar-refractivity contribution is 0.414. The van der Waals surface area contributed by atoms with Gasteiger partial charge in [-0.15, -0.1) is 11.3 Å². The summed E-state index contributed by atoms with van der Waals surface area (Å²) < 4.78 is 10.8. The molecule has 3 aromatic rings. The van der Waals surface area contributed by atoms with E-state index in [1.165, 1.54) is 0 Å². The molecule has 0 atom stereocenters. The largest absolute Gasteiger partial charge is 0.497 e. The van der Waals surface area contributed by atoms with Crippen LogP contribution in [0, 0.1) is 0 Å². The molecule has 0 saturated carbocycles. The van der Waals surface area contributed by atoms with Crippen LogP contribution in [0.3, 0.4) is 0 Å². The van der Waals surface area contributed by atoms with Crippen LogP contribution in [0.1, 0.15) is 39.3 Å². The number of fused-ring (bicyclic) bond motifs is 1. The molecule has 5 heteroatoms. The van der Waals surface area contributed by atoms with E-state index in [0.29, 0.717) is 5.92 Å². The third kappa shape index (κ3) is 3.67. The molecule has 0 aliphatic rings. The number of nitrogens with zero attached hydrogens (tertiary/aromatic N) is 2. The number of rotatable bonds is 4. The maximum atomic E-state index is 5.51. The molecule has 0 amide bonds. The molecule has 1 aromatic carbocycles. The second-order valence-electron chi connectivity index (χ2n) is 5.33. The zero-order chi connectivity index (χ0) is 17.7. The first-order valence-corrected chi connectivity index (χ1v) is 8.99. The lowest BCUT2D eigenvalue weighted by Gasteiger charge is -2.08. The minimum atomic E-state index is 0.410. The number of ether oxygens (including phenoxy) is 2. The second-order valence-corrected chi connectivity index (χ2v) is 6.18. The van der Waals surface area contributed by atoms with Crippen LogP contribution < -0.4 is 9.47 Å². The molecule has 0 saturated heterocycles. The lowest BCUT2D eigenvalue weighted by Crippen LogP contribution is -1.93. The standard InChI is InChI=1S/C17H18N2O2S.C2H6/c1-10(2)15-9-22-17(19-15)14-8-16(21-4)12-6-5-11(20-3)7-13(12)18-14;1-2/h5-10H,1-4H3;1-2H3. The average molecular weight is 344 g/mol. The van der Waals surface area contributed by atoms with E-state index < -0.39 is 0 Å². The number of benzene rings is 1. The Morgan fingerprint density at radius 2 is 1.75 bits per heavy atom. The highest BCUT2D eigenvalue weighted by Gasteiger charge is 2.13. The van der Waals surface area contributed by atoms with Gasteiger partial charge < -0.3 is 9.47 Å². The van der Waals surface area contributed by atoms with Crippen molar-refractivity contribution in [1.29, 1.82) is 0 Å². The molecule has 0 fully saturated rings. The van der Waals surface area contributed by atoms with Crippen molar-refractivity contribution >= 4 is 22.2 Å². The summed E-state index contributed by atoms with van der Waals surface area (Å²) in [5.41, 5.74) is 2.76. The quantitative estimate of drug-likeness (QED) is 0.624. The molecule has 128 valence electrons. The van der Waals surface area contributed by atoms with E-state index in [9.17, 15) is 0 Å². The van der Waals surface area contributed by atoms with Gasteiger partial charge in [0.05, 0.1) is 25.4 Å². The van der Waals surface area contributed by atoms with Gasteiger partial charge in [0.2, 0.25) is 0 Å². The molecule has 0 bridgehead atoms. The van der Waals surface area contributed by atoms with Crippen LogP contribution in [-0.2, 0) is 0 Å². The maximum Gasteiger partial charge on any atom is 0.142 e. The average Bonchev–Trinajstić information content (AvgIpc) is 3.12. The number of thiazole rings is 1. The van der Waals surface area contributed by atoms with Crippen molar-refractivity contribution < 1.29 is 9.47 Å². The highest BCUT2D eigenvalue weighted by Crippen LogP contribution is 2.33. The Bertz CT molecular complexity index is 812. The van der Waals surface area contributed by atoms with Gasteiger partial charge in [0.15, 0.2) is 0 Å². The number of hydrogen-bond acceptors (Lipinski definition) is 5. The van der Waals surface area contributed by atoms with Gasteiger partial charge in [-0.25, -0.2) is 9.97 Å². The Hall–Kier alpha value is -2.14. The summed E-state index contributed by atoms with van der Waals surface area (Å²) in [4.78, 5) is 9.40. The van der Waals surface area contributed by atoms with E-state index in [2.05, 4.69) is 24.2 Å². The minimum absolute atomic E-state index is 0.410. The molecule has 4 nitrogen and oxygen atoms in total. The fourth-order valence-electron chi connectivity index (χ4n) is 2.25. The van der Waals surface area contributed by atoms with Crippen molar-refractivity contribution in [1.82, 2.24) is 9.97 Å². The Balaban J connectivity index is 0.00000100. The predicted octanol–water partition coefficient (Wildman–Crippen LogP) is 5.53. The fraction of sp³-hybridized carbons (Fsp3) is 0.368. The van der Waals surface area contributed by atoms with E-state index in [1.807, 2.05) is 38.1 Å². The highest BCUT2D eigenvalue weighted by molar-refractivity contribution is 7.13. The van der Waals surface area contributed by atoms with Gasteiger partial charge >= 0.3 is 0 Å². The molecule has 2 aromatic heterocycles. The summed E-state index contributed by atoms with van der Waals surface area (Å²) in [5.74, 6) is 1.98. The van der Waals surface area contributed by atoms with Crippen molar-refractivity contribution in [3.05, 3.63) is 35.3 Å². The Kier molecular flexibility index (Phi) is 6.15. The smallest absolute Gasteiger partial charge is 0.142 e. The lowest BCUT2D eigenvalue weighted by atomic mass is 10.1. The van der Waals surface area contributed by atoms with Gasteiger partial charge in [-0.05, 0) is 18.1 Å². The summed E-state index contributed by atoms with van der Waals surface area (Å²) in [6, 6.07) is 7.73. The van der Waals surface area contributed by atoms with E-state index in [-0.39, 0.29) is 0 Å². The van der Waals surface area contributed by atoms with Gasteiger partial charge in [-0.1, -0.05) is 27.7 Å². The molecule has 0 unspecified atom stereocenters. The van der Waals surface area contributed by atoms with Crippen molar-refractivity contribution in [2.75, 3.05) is 14.2 Å². The second kappa shape index (κ2) is 8.11. The van der Waals surface area contributed by atoms with E-state index in [1.54, 1.807) is 25.6 Å². The Labute approximate surface area is 147 Å². The first-order chi connectivity index (χ1) is 11.6. The fourth-order valence-corrected chi connectivity index (χ4v) is 3.19. The van der Waals surface area contributed by atoms with Crippen molar-refractivity contribution in [3.8, 4) is 22.2 Å². The van der Waals surface area contributed by atoms with Crippen molar-refractivity contribution in [3.63, 3.8) is 0 Å². The van der Waals surface area contributed by atoms with Gasteiger partial charge in [-0.2, -0.15) is 0 Å². The number of pyridine rings is 1. The van der Waals surface area contributed by atoms with Crippen LogP contribution in [-0.4, -0.2) is 24.2 Å². The van der Waals surface area contributed by atoms with Gasteiger partial charge in [0.1, 0.15) is 22.2 Å². The minimum Gasteiger partial charge on any atom is -0.497 e. The third-order valence-corrected chi connectivity index (χ3v) is 4.41. The van der Waals surface area contributed by atoms with Crippen molar-refractivity contribution in [2.24, 2.45) is 0 Å². The Morgan fingerprint density at radius 1 is 1.00 bits per heavy atom. The van der Waals surface area contributed by atoms with E-state index >= 15 is 0 Å². The van der Waals surface area contributed by atoms with Crippen LogP contribution in [0.5, 0.6) is 11.5 Å². The van der Waals surface area contributed by atoms with Crippen LogP contribution in [0.4, 0.5) is 0 Å². The van der Waals surface area contributed by atoms with Crippen LogP contribution in [0.2, 0.25) is 0 Å². The first kappa shape index (κ1) is 18.2. The molecule has 0 aliphatic carbocycles. The molecule has 0 aliphatic heterocycles. The van der Waals surface area contributed by atoms with E-state index in [0.717, 1.165) is 38.8 Å². The first-order valence-electron chi connectivity index (χ1n) is 8.11. The predicted molar refractivity (Wildman–Crippen MR) is 101 cm³/mol. The number of methoxy groups -OCH3 is 2. The molecular weight excluding hydrogens is 320 g/mol. The third-order valence-electron chi connectivity index (χ3n) is 3.53. The summed E-state index contributed by atoms with van der Waals surface area (Å²) in [7, 11) is 3.32. The monoisotopic (exact) mass is 344 g/mol. The Morgan fingerprint density at radius 3 is 2.33 bits per heavy atom. The molecule has 2 heterocycles. The molecule has 0 radical (unpaired) electrons.